The molecule has 2 heteroatoms. The van der Waals surface area contributed by atoms with Crippen molar-refractivity contribution >= 4 is 38.6 Å². The first-order valence-corrected chi connectivity index (χ1v) is 20.3. The van der Waals surface area contributed by atoms with Gasteiger partial charge in [-0.3, -0.25) is 0 Å². The molecule has 2 nitrogen and oxygen atoms in total. The van der Waals surface area contributed by atoms with Gasteiger partial charge in [0.05, 0.1) is 5.41 Å². The zero-order chi connectivity index (χ0) is 38.9. The summed E-state index contributed by atoms with van der Waals surface area (Å²) in [5, 5.41) is 5.08. The lowest BCUT2D eigenvalue weighted by molar-refractivity contribution is 0.436. The molecule has 0 unspecified atom stereocenters. The van der Waals surface area contributed by atoms with Crippen LogP contribution in [0.2, 0.25) is 0 Å². The van der Waals surface area contributed by atoms with E-state index in [2.05, 4.69) is 229 Å². The van der Waals surface area contributed by atoms with E-state index < -0.39 is 5.41 Å². The molecule has 0 radical (unpaired) electrons. The van der Waals surface area contributed by atoms with Gasteiger partial charge in [-0.2, -0.15) is 0 Å². The number of ether oxygens (including phenoxy) is 1. The number of nitrogens with zero attached hydrogens (tertiary/aromatic N) is 1. The van der Waals surface area contributed by atoms with Crippen LogP contribution in [0.5, 0.6) is 11.5 Å². The second kappa shape index (κ2) is 13.2. The van der Waals surface area contributed by atoms with Gasteiger partial charge in [0.2, 0.25) is 0 Å². The third kappa shape index (κ3) is 5.13. The Kier molecular flexibility index (Phi) is 7.48. The average molecular weight is 752 g/mol. The number of hydrogen-bond acceptors (Lipinski definition) is 2. The maximum Gasteiger partial charge on any atom is 0.132 e. The van der Waals surface area contributed by atoms with Crippen molar-refractivity contribution in [1.82, 2.24) is 0 Å². The van der Waals surface area contributed by atoms with Crippen molar-refractivity contribution in [3.8, 4) is 44.9 Å². The van der Waals surface area contributed by atoms with Gasteiger partial charge in [-0.25, -0.2) is 0 Å². The Bertz CT molecular complexity index is 3190. The lowest BCUT2D eigenvalue weighted by Gasteiger charge is -2.39. The molecule has 59 heavy (non-hydrogen) atoms. The molecule has 1 spiro atoms. The highest BCUT2D eigenvalue weighted by molar-refractivity contribution is 6.08. The summed E-state index contributed by atoms with van der Waals surface area (Å²) in [6.45, 7) is 0. The molecule has 1 aliphatic carbocycles. The van der Waals surface area contributed by atoms with Crippen LogP contribution >= 0.6 is 0 Å². The van der Waals surface area contributed by atoms with E-state index in [1.54, 1.807) is 0 Å². The van der Waals surface area contributed by atoms with Crippen molar-refractivity contribution in [2.45, 2.75) is 5.41 Å². The standard InChI is InChI=1S/C57H37NO/c1-2-13-44(14-3-1)58(45-31-26-38(27-32-45)42-25-24-41-23-22-40-12-4-5-15-47(40)50(41)36-42)46-33-28-39(29-34-46)43-30-35-56-54(37-43)57(53-20-10-11-21-55(53)59-56)51-18-8-6-16-48(51)49-17-7-9-19-52(49)57/h1-37H. The van der Waals surface area contributed by atoms with E-state index in [4.69, 9.17) is 4.74 Å². The van der Waals surface area contributed by atoms with E-state index in [0.717, 1.165) is 39.7 Å². The van der Waals surface area contributed by atoms with Crippen LogP contribution in [-0.2, 0) is 5.41 Å². The second-order valence-electron chi connectivity index (χ2n) is 15.6. The van der Waals surface area contributed by atoms with E-state index >= 15 is 0 Å². The number of rotatable bonds is 5. The van der Waals surface area contributed by atoms with Gasteiger partial charge in [0.15, 0.2) is 0 Å². The predicted molar refractivity (Wildman–Crippen MR) is 244 cm³/mol. The molecule has 0 aromatic heterocycles. The zero-order valence-corrected chi connectivity index (χ0v) is 32.2. The molecule has 0 amide bonds. The van der Waals surface area contributed by atoms with Crippen molar-refractivity contribution in [3.63, 3.8) is 0 Å². The van der Waals surface area contributed by atoms with E-state index in [9.17, 15) is 0 Å². The fourth-order valence-electron chi connectivity index (χ4n) is 9.85. The predicted octanol–water partition coefficient (Wildman–Crippen LogP) is 15.3. The summed E-state index contributed by atoms with van der Waals surface area (Å²) in [6, 6.07) is 81.5. The maximum atomic E-state index is 6.70. The molecule has 0 fully saturated rings. The van der Waals surface area contributed by atoms with Gasteiger partial charge < -0.3 is 9.64 Å². The van der Waals surface area contributed by atoms with Crippen molar-refractivity contribution in [2.75, 3.05) is 4.90 Å². The summed E-state index contributed by atoms with van der Waals surface area (Å²) >= 11 is 0. The number of hydrogen-bond donors (Lipinski definition) is 0. The van der Waals surface area contributed by atoms with Crippen LogP contribution in [0.1, 0.15) is 22.3 Å². The maximum absolute atomic E-state index is 6.70. The molecular formula is C57H37NO. The summed E-state index contributed by atoms with van der Waals surface area (Å²) in [7, 11) is 0. The van der Waals surface area contributed by atoms with Crippen LogP contribution in [0.25, 0.3) is 54.9 Å². The summed E-state index contributed by atoms with van der Waals surface area (Å²) in [4.78, 5) is 2.33. The van der Waals surface area contributed by atoms with Crippen LogP contribution in [0.3, 0.4) is 0 Å². The average Bonchev–Trinajstić information content (AvgIpc) is 3.60. The van der Waals surface area contributed by atoms with Crippen molar-refractivity contribution < 1.29 is 4.74 Å². The first-order chi connectivity index (χ1) is 29.2. The normalized spacial score (nSPS) is 13.0. The van der Waals surface area contributed by atoms with E-state index in [1.807, 2.05) is 0 Å². The molecule has 0 bridgehead atoms. The largest absolute Gasteiger partial charge is 0.457 e. The quantitative estimate of drug-likeness (QED) is 0.162. The Balaban J connectivity index is 0.931. The minimum atomic E-state index is -0.496. The molecule has 10 aromatic carbocycles. The van der Waals surface area contributed by atoms with Crippen LogP contribution in [-0.4, -0.2) is 0 Å². The van der Waals surface area contributed by atoms with Crippen molar-refractivity contribution in [2.24, 2.45) is 0 Å². The highest BCUT2D eigenvalue weighted by Crippen LogP contribution is 2.62. The zero-order valence-electron chi connectivity index (χ0n) is 32.2. The molecule has 12 rings (SSSR count). The summed E-state index contributed by atoms with van der Waals surface area (Å²) in [5.74, 6) is 1.80. The topological polar surface area (TPSA) is 12.5 Å². The second-order valence-corrected chi connectivity index (χ2v) is 15.6. The van der Waals surface area contributed by atoms with Crippen LogP contribution in [0, 0.1) is 0 Å². The monoisotopic (exact) mass is 751 g/mol. The summed E-state index contributed by atoms with van der Waals surface area (Å²) in [6.07, 6.45) is 0. The van der Waals surface area contributed by atoms with Crippen molar-refractivity contribution in [3.05, 3.63) is 247 Å². The Morgan fingerprint density at radius 1 is 0.305 bits per heavy atom. The molecule has 276 valence electrons. The molecule has 0 N–H and O–H groups in total. The van der Waals surface area contributed by atoms with Gasteiger partial charge in [-0.1, -0.05) is 164 Å². The molecule has 0 saturated heterocycles. The third-order valence-electron chi connectivity index (χ3n) is 12.5. The minimum Gasteiger partial charge on any atom is -0.457 e. The summed E-state index contributed by atoms with van der Waals surface area (Å²) in [5.41, 5.74) is 15.0. The SMILES string of the molecule is c1ccc(N(c2ccc(-c3ccc4c(c3)C3(c5ccccc5O4)c4ccccc4-c4ccccc43)cc2)c2ccc(-c3ccc4ccc5ccccc5c4c3)cc2)cc1. The van der Waals surface area contributed by atoms with Gasteiger partial charge in [0, 0.05) is 28.2 Å². The Morgan fingerprint density at radius 2 is 0.780 bits per heavy atom. The first kappa shape index (κ1) is 33.5. The Hall–Kier alpha value is -7.68. The number of anilines is 3. The fourth-order valence-corrected chi connectivity index (χ4v) is 9.85. The molecule has 0 atom stereocenters. The van der Waals surface area contributed by atoms with Gasteiger partial charge in [0.1, 0.15) is 11.5 Å². The molecule has 2 aliphatic rings. The van der Waals surface area contributed by atoms with E-state index in [-0.39, 0.29) is 0 Å². The third-order valence-corrected chi connectivity index (χ3v) is 12.5. The van der Waals surface area contributed by atoms with Gasteiger partial charge in [0.25, 0.3) is 0 Å². The van der Waals surface area contributed by atoms with Gasteiger partial charge in [-0.05, 0) is 127 Å². The fraction of sp³-hybridized carbons (Fsp3) is 0.0175. The van der Waals surface area contributed by atoms with Crippen molar-refractivity contribution in [1.29, 1.82) is 0 Å². The molecular weight excluding hydrogens is 715 g/mol. The van der Waals surface area contributed by atoms with Gasteiger partial charge in [-0.15, -0.1) is 0 Å². The van der Waals surface area contributed by atoms with Gasteiger partial charge >= 0.3 is 0 Å². The molecule has 10 aromatic rings. The Morgan fingerprint density at radius 3 is 1.47 bits per heavy atom. The molecule has 0 saturated carbocycles. The lowest BCUT2D eigenvalue weighted by atomic mass is 9.66. The number of para-hydroxylation sites is 2. The highest BCUT2D eigenvalue weighted by atomic mass is 16.5. The number of benzene rings is 10. The van der Waals surface area contributed by atoms with Crippen LogP contribution < -0.4 is 9.64 Å². The molecule has 1 heterocycles. The van der Waals surface area contributed by atoms with Crippen LogP contribution in [0.15, 0.2) is 224 Å². The van der Waals surface area contributed by atoms with E-state index in [1.165, 1.54) is 66.1 Å². The smallest absolute Gasteiger partial charge is 0.132 e. The minimum absolute atomic E-state index is 0.496. The lowest BCUT2D eigenvalue weighted by Crippen LogP contribution is -2.32. The highest BCUT2D eigenvalue weighted by Gasteiger charge is 2.51. The van der Waals surface area contributed by atoms with Crippen LogP contribution in [0.4, 0.5) is 17.1 Å². The summed E-state index contributed by atoms with van der Waals surface area (Å²) < 4.78 is 6.70. The van der Waals surface area contributed by atoms with E-state index in [0.29, 0.717) is 0 Å². The Labute approximate surface area is 343 Å². The number of fused-ring (bicyclic) bond motifs is 12. The first-order valence-electron chi connectivity index (χ1n) is 20.3. The molecule has 1 aliphatic heterocycles.